The fourth-order valence-electron chi connectivity index (χ4n) is 2.38. The van der Waals surface area contributed by atoms with Crippen LogP contribution in [0.15, 0.2) is 41.9 Å². The van der Waals surface area contributed by atoms with E-state index in [9.17, 15) is 4.79 Å². The Morgan fingerprint density at radius 2 is 2.23 bits per heavy atom. The molecule has 0 saturated carbocycles. The molecule has 22 heavy (non-hydrogen) atoms. The maximum absolute atomic E-state index is 11.8. The van der Waals surface area contributed by atoms with E-state index in [1.165, 1.54) is 0 Å². The molecule has 2 rings (SSSR count). The lowest BCUT2D eigenvalue weighted by Crippen LogP contribution is -2.37. The van der Waals surface area contributed by atoms with Gasteiger partial charge >= 0.3 is 0 Å². The molecule has 6 heteroatoms. The van der Waals surface area contributed by atoms with Gasteiger partial charge in [0.15, 0.2) is 5.96 Å². The van der Waals surface area contributed by atoms with Crippen LogP contribution in [-0.2, 0) is 4.79 Å². The van der Waals surface area contributed by atoms with E-state index in [2.05, 4.69) is 33.6 Å². The summed E-state index contributed by atoms with van der Waals surface area (Å²) in [6.45, 7) is 7.74. The van der Waals surface area contributed by atoms with Crippen LogP contribution < -0.4 is 16.0 Å². The van der Waals surface area contributed by atoms with Gasteiger partial charge in [-0.25, -0.2) is 0 Å². The van der Waals surface area contributed by atoms with Crippen LogP contribution in [0.4, 0.5) is 5.69 Å². The van der Waals surface area contributed by atoms with Gasteiger partial charge < -0.3 is 16.0 Å². The number of nitrogens with one attached hydrogen (secondary N) is 3. The Bertz CT molecular complexity index is 545. The number of halogens is 1. The van der Waals surface area contributed by atoms with E-state index in [0.29, 0.717) is 19.5 Å². The normalized spacial score (nSPS) is 16.9. The second kappa shape index (κ2) is 9.45. The molecular weight excluding hydrogens is 391 g/mol. The molecule has 120 valence electrons. The molecule has 0 aliphatic carbocycles. The monoisotopic (exact) mass is 414 g/mol. The van der Waals surface area contributed by atoms with Gasteiger partial charge in [-0.15, -0.1) is 30.6 Å². The molecule has 0 fully saturated rings. The number of guanidine groups is 1. The van der Waals surface area contributed by atoms with Gasteiger partial charge in [0.25, 0.3) is 0 Å². The van der Waals surface area contributed by atoms with Gasteiger partial charge in [-0.3, -0.25) is 9.79 Å². The van der Waals surface area contributed by atoms with Crippen LogP contribution in [0.1, 0.15) is 24.8 Å². The van der Waals surface area contributed by atoms with Crippen LogP contribution in [0.5, 0.6) is 0 Å². The molecule has 1 amide bonds. The van der Waals surface area contributed by atoms with Crippen molar-refractivity contribution in [3.63, 3.8) is 0 Å². The van der Waals surface area contributed by atoms with E-state index in [4.69, 9.17) is 0 Å². The molecule has 1 aliphatic rings. The molecular formula is C16H23IN4O. The van der Waals surface area contributed by atoms with Gasteiger partial charge in [0.1, 0.15) is 0 Å². The summed E-state index contributed by atoms with van der Waals surface area (Å²) >= 11 is 0. The molecule has 5 nitrogen and oxygen atoms in total. The zero-order valence-electron chi connectivity index (χ0n) is 12.8. The summed E-state index contributed by atoms with van der Waals surface area (Å²) < 4.78 is 0. The van der Waals surface area contributed by atoms with Gasteiger partial charge in [0.05, 0.1) is 6.54 Å². The number of hydrogen-bond acceptors (Lipinski definition) is 2. The molecule has 0 radical (unpaired) electrons. The average molecular weight is 414 g/mol. The Morgan fingerprint density at radius 1 is 1.45 bits per heavy atom. The maximum atomic E-state index is 11.8. The van der Waals surface area contributed by atoms with E-state index < -0.39 is 0 Å². The SMILES string of the molecule is C=CCNC(=NCC1CC(=O)Nc2ccccc21)NCC.I. The summed E-state index contributed by atoms with van der Waals surface area (Å²) in [6, 6.07) is 7.91. The number of anilines is 1. The van der Waals surface area contributed by atoms with Gasteiger partial charge in [-0.1, -0.05) is 24.3 Å². The minimum atomic E-state index is 0. The highest BCUT2D eigenvalue weighted by Crippen LogP contribution is 2.31. The lowest BCUT2D eigenvalue weighted by molar-refractivity contribution is -0.116. The van der Waals surface area contributed by atoms with Crippen LogP contribution in [0.25, 0.3) is 0 Å². The van der Waals surface area contributed by atoms with Crippen molar-refractivity contribution in [1.82, 2.24) is 10.6 Å². The summed E-state index contributed by atoms with van der Waals surface area (Å²) in [7, 11) is 0. The Hall–Kier alpha value is -1.57. The number of para-hydroxylation sites is 1. The zero-order valence-corrected chi connectivity index (χ0v) is 15.1. The number of rotatable bonds is 5. The Kier molecular flexibility index (Phi) is 7.94. The van der Waals surface area contributed by atoms with E-state index in [1.807, 2.05) is 25.1 Å². The quantitative estimate of drug-likeness (QED) is 0.300. The van der Waals surface area contributed by atoms with E-state index in [-0.39, 0.29) is 35.8 Å². The predicted octanol–water partition coefficient (Wildman–Crippen LogP) is 2.47. The largest absolute Gasteiger partial charge is 0.357 e. The van der Waals surface area contributed by atoms with Crippen molar-refractivity contribution in [3.05, 3.63) is 42.5 Å². The van der Waals surface area contributed by atoms with E-state index in [0.717, 1.165) is 23.8 Å². The third-order valence-electron chi connectivity index (χ3n) is 3.33. The molecule has 0 aromatic heterocycles. The van der Waals surface area contributed by atoms with Gasteiger partial charge in [0.2, 0.25) is 5.91 Å². The first-order valence-electron chi connectivity index (χ1n) is 7.26. The molecule has 1 aromatic carbocycles. The molecule has 0 saturated heterocycles. The standard InChI is InChI=1S/C16H22N4O.HI/c1-3-9-18-16(17-4-2)19-11-12-10-15(21)20-14-8-6-5-7-13(12)14;/h3,5-8,12H,1,4,9-11H2,2H3,(H,20,21)(H2,17,18,19);1H. The number of fused-ring (bicyclic) bond motifs is 1. The summed E-state index contributed by atoms with van der Waals surface area (Å²) in [5, 5.41) is 9.25. The minimum absolute atomic E-state index is 0. The van der Waals surface area contributed by atoms with Crippen molar-refractivity contribution in [3.8, 4) is 0 Å². The molecule has 1 atom stereocenters. The van der Waals surface area contributed by atoms with E-state index in [1.54, 1.807) is 6.08 Å². The first-order valence-corrected chi connectivity index (χ1v) is 7.26. The topological polar surface area (TPSA) is 65.5 Å². The summed E-state index contributed by atoms with van der Waals surface area (Å²) in [6.07, 6.45) is 2.26. The van der Waals surface area contributed by atoms with Crippen LogP contribution in [0, 0.1) is 0 Å². The van der Waals surface area contributed by atoms with Crippen molar-refractivity contribution in [2.24, 2.45) is 4.99 Å². The lowest BCUT2D eigenvalue weighted by Gasteiger charge is -2.24. The minimum Gasteiger partial charge on any atom is -0.357 e. The fraction of sp³-hybridized carbons (Fsp3) is 0.375. The third-order valence-corrected chi connectivity index (χ3v) is 3.33. The maximum Gasteiger partial charge on any atom is 0.225 e. The second-order valence-electron chi connectivity index (χ2n) is 4.93. The van der Waals surface area contributed by atoms with Gasteiger partial charge in [0, 0.05) is 31.1 Å². The van der Waals surface area contributed by atoms with Crippen molar-refractivity contribution in [2.45, 2.75) is 19.3 Å². The number of nitrogens with zero attached hydrogens (tertiary/aromatic N) is 1. The van der Waals surface area contributed by atoms with Crippen LogP contribution in [0.2, 0.25) is 0 Å². The second-order valence-corrected chi connectivity index (χ2v) is 4.93. The first kappa shape index (κ1) is 18.5. The van der Waals surface area contributed by atoms with Crippen LogP contribution in [-0.4, -0.2) is 31.5 Å². The number of benzene rings is 1. The zero-order chi connectivity index (χ0) is 15.1. The highest BCUT2D eigenvalue weighted by Gasteiger charge is 2.24. The summed E-state index contributed by atoms with van der Waals surface area (Å²) in [4.78, 5) is 16.3. The molecule has 1 aromatic rings. The van der Waals surface area contributed by atoms with E-state index >= 15 is 0 Å². The predicted molar refractivity (Wildman–Crippen MR) is 102 cm³/mol. The van der Waals surface area contributed by atoms with Gasteiger partial charge in [-0.2, -0.15) is 0 Å². The fourth-order valence-corrected chi connectivity index (χ4v) is 2.38. The highest BCUT2D eigenvalue weighted by atomic mass is 127. The van der Waals surface area contributed by atoms with Crippen molar-refractivity contribution >= 4 is 41.5 Å². The van der Waals surface area contributed by atoms with Crippen molar-refractivity contribution < 1.29 is 4.79 Å². The molecule has 3 N–H and O–H groups in total. The van der Waals surface area contributed by atoms with Crippen LogP contribution in [0.3, 0.4) is 0 Å². The lowest BCUT2D eigenvalue weighted by atomic mass is 9.91. The number of hydrogen-bond donors (Lipinski definition) is 3. The number of carbonyl (C=O) groups is 1. The Morgan fingerprint density at radius 3 is 2.95 bits per heavy atom. The molecule has 0 bridgehead atoms. The number of aliphatic imine (C=N–C) groups is 1. The molecule has 1 aliphatic heterocycles. The molecule has 0 spiro atoms. The third kappa shape index (κ3) is 5.01. The molecule has 1 unspecified atom stereocenters. The van der Waals surface area contributed by atoms with Gasteiger partial charge in [-0.05, 0) is 18.6 Å². The Balaban J connectivity index is 0.00000242. The highest BCUT2D eigenvalue weighted by molar-refractivity contribution is 14.0. The van der Waals surface area contributed by atoms with Crippen LogP contribution >= 0.6 is 24.0 Å². The average Bonchev–Trinajstić information content (AvgIpc) is 2.49. The molecule has 1 heterocycles. The first-order chi connectivity index (χ1) is 10.2. The van der Waals surface area contributed by atoms with Crippen molar-refractivity contribution in [1.29, 1.82) is 0 Å². The number of amides is 1. The number of carbonyl (C=O) groups excluding carboxylic acids is 1. The van der Waals surface area contributed by atoms with Crippen molar-refractivity contribution in [2.75, 3.05) is 25.0 Å². The smallest absolute Gasteiger partial charge is 0.225 e. The summed E-state index contributed by atoms with van der Waals surface area (Å²) in [5.41, 5.74) is 2.05. The Labute approximate surface area is 148 Å². The summed E-state index contributed by atoms with van der Waals surface area (Å²) in [5.74, 6) is 0.924.